The first-order valence-electron chi connectivity index (χ1n) is 14.7. The van der Waals surface area contributed by atoms with Gasteiger partial charge in [0, 0.05) is 6.07 Å². The summed E-state index contributed by atoms with van der Waals surface area (Å²) in [6.07, 6.45) is 2.80. The minimum atomic E-state index is -2.39. The van der Waals surface area contributed by atoms with E-state index in [9.17, 15) is 9.59 Å². The predicted molar refractivity (Wildman–Crippen MR) is 182 cm³/mol. The Hall–Kier alpha value is -5.11. The maximum Gasteiger partial charge on any atom is 0.266 e. The Bertz CT molecular complexity index is 1840. The molecule has 1 aliphatic rings. The zero-order chi connectivity index (χ0) is 29.9. The number of benzene rings is 6. The fourth-order valence-corrected chi connectivity index (χ4v) is 10.4. The number of carbonyl (C=O) groups is 2. The quantitative estimate of drug-likeness (QED) is 0.144. The fourth-order valence-electron chi connectivity index (χ4n) is 6.16. The van der Waals surface area contributed by atoms with Gasteiger partial charge >= 0.3 is 0 Å². The van der Waals surface area contributed by atoms with E-state index >= 15 is 0 Å². The third-order valence-corrected chi connectivity index (χ3v) is 12.5. The number of imide groups is 1. The average molecular weight is 588 g/mol. The molecule has 0 atom stereocenters. The van der Waals surface area contributed by atoms with Gasteiger partial charge in [0.1, 0.15) is 28.5 Å². The van der Waals surface area contributed by atoms with Crippen LogP contribution in [-0.2, 0) is 6.42 Å². The Labute approximate surface area is 258 Å². The van der Waals surface area contributed by atoms with E-state index in [0.29, 0.717) is 23.2 Å². The van der Waals surface area contributed by atoms with E-state index in [2.05, 4.69) is 97.4 Å². The minimum absolute atomic E-state index is 0.285. The first-order chi connectivity index (χ1) is 21.7. The Morgan fingerprint density at radius 3 is 1.55 bits per heavy atom. The molecule has 0 aromatic heterocycles. The molecule has 0 N–H and O–H groups in total. The van der Waals surface area contributed by atoms with Gasteiger partial charge in [-0.05, 0) is 84.6 Å². The summed E-state index contributed by atoms with van der Waals surface area (Å²) in [4.78, 5) is 29.0. The van der Waals surface area contributed by atoms with Crippen LogP contribution in [-0.4, -0.2) is 11.8 Å². The third-order valence-electron chi connectivity index (χ3n) is 8.23. The Balaban J connectivity index is 1.31. The SMILES string of the molecule is O=C1c2ccc(C[CH]c3ccccc3)cc2C(=O)N1c1cccc([P+](c2ccccc2)(c2ccccc2)c2ccccc2)c1. The highest BCUT2D eigenvalue weighted by atomic mass is 31.2. The van der Waals surface area contributed by atoms with Crippen molar-refractivity contribution in [2.75, 3.05) is 4.90 Å². The van der Waals surface area contributed by atoms with Crippen LogP contribution in [0.25, 0.3) is 0 Å². The van der Waals surface area contributed by atoms with Crippen LogP contribution in [0, 0.1) is 6.42 Å². The maximum absolute atomic E-state index is 13.9. The van der Waals surface area contributed by atoms with Crippen LogP contribution in [0.5, 0.6) is 0 Å². The van der Waals surface area contributed by atoms with Crippen LogP contribution in [0.2, 0.25) is 0 Å². The molecule has 4 heteroatoms. The van der Waals surface area contributed by atoms with Crippen molar-refractivity contribution in [3.63, 3.8) is 0 Å². The minimum Gasteiger partial charge on any atom is -0.268 e. The lowest BCUT2D eigenvalue weighted by molar-refractivity contribution is 0.0926. The van der Waals surface area contributed by atoms with Gasteiger partial charge in [0.2, 0.25) is 0 Å². The van der Waals surface area contributed by atoms with E-state index < -0.39 is 7.26 Å². The number of fused-ring (bicyclic) bond motifs is 1. The lowest BCUT2D eigenvalue weighted by Gasteiger charge is -2.28. The number of nitrogens with zero attached hydrogens (tertiary/aromatic N) is 1. The Kier molecular flexibility index (Phi) is 7.48. The normalized spacial score (nSPS) is 12.8. The number of hydrogen-bond donors (Lipinski definition) is 0. The molecule has 2 amide bonds. The number of amides is 2. The summed E-state index contributed by atoms with van der Waals surface area (Å²) in [7, 11) is -2.39. The van der Waals surface area contributed by atoms with Crippen LogP contribution in [0.3, 0.4) is 0 Å². The summed E-state index contributed by atoms with van der Waals surface area (Å²) in [6.45, 7) is 0. The lowest BCUT2D eigenvalue weighted by Crippen LogP contribution is -2.39. The van der Waals surface area contributed by atoms with Crippen LogP contribution in [0.15, 0.2) is 164 Å². The summed E-state index contributed by atoms with van der Waals surface area (Å²) in [5.41, 5.74) is 3.59. The summed E-state index contributed by atoms with van der Waals surface area (Å²) in [5, 5.41) is 4.69. The van der Waals surface area contributed by atoms with Gasteiger partial charge < -0.3 is 0 Å². The molecule has 0 bridgehead atoms. The molecular weight excluding hydrogens is 557 g/mol. The van der Waals surface area contributed by atoms with Crippen LogP contribution in [0.4, 0.5) is 5.69 Å². The molecule has 0 fully saturated rings. The maximum atomic E-state index is 13.9. The largest absolute Gasteiger partial charge is 0.268 e. The fraction of sp³-hybridized carbons (Fsp3) is 0.0250. The molecule has 6 aromatic rings. The average Bonchev–Trinajstić information content (AvgIpc) is 3.34. The zero-order valence-electron chi connectivity index (χ0n) is 24.1. The predicted octanol–water partition coefficient (Wildman–Crippen LogP) is 6.90. The smallest absolute Gasteiger partial charge is 0.266 e. The van der Waals surface area contributed by atoms with Crippen molar-refractivity contribution >= 4 is 46.0 Å². The van der Waals surface area contributed by atoms with E-state index in [1.807, 2.05) is 66.7 Å². The molecule has 0 saturated carbocycles. The van der Waals surface area contributed by atoms with Crippen LogP contribution >= 0.6 is 7.26 Å². The van der Waals surface area contributed by atoms with Crippen molar-refractivity contribution < 1.29 is 9.59 Å². The van der Waals surface area contributed by atoms with Gasteiger partial charge in [-0.3, -0.25) is 9.59 Å². The zero-order valence-corrected chi connectivity index (χ0v) is 25.0. The van der Waals surface area contributed by atoms with Gasteiger partial charge in [-0.2, -0.15) is 0 Å². The highest BCUT2D eigenvalue weighted by Crippen LogP contribution is 2.54. The van der Waals surface area contributed by atoms with E-state index in [4.69, 9.17) is 0 Å². The lowest BCUT2D eigenvalue weighted by atomic mass is 10.0. The molecule has 44 heavy (non-hydrogen) atoms. The van der Waals surface area contributed by atoms with Crippen molar-refractivity contribution in [2.45, 2.75) is 6.42 Å². The topological polar surface area (TPSA) is 37.4 Å². The van der Waals surface area contributed by atoms with Gasteiger partial charge in [0.05, 0.1) is 16.8 Å². The molecule has 3 nitrogen and oxygen atoms in total. The van der Waals surface area contributed by atoms with Gasteiger partial charge in [-0.15, -0.1) is 0 Å². The first kappa shape index (κ1) is 27.7. The molecular formula is C40H30NO2P+. The van der Waals surface area contributed by atoms with Crippen molar-refractivity contribution in [1.29, 1.82) is 0 Å². The van der Waals surface area contributed by atoms with E-state index in [0.717, 1.165) is 16.4 Å². The second-order valence-corrected chi connectivity index (χ2v) is 14.2. The highest BCUT2D eigenvalue weighted by Gasteiger charge is 2.48. The molecule has 0 saturated heterocycles. The van der Waals surface area contributed by atoms with Crippen molar-refractivity contribution in [3.8, 4) is 0 Å². The highest BCUT2D eigenvalue weighted by molar-refractivity contribution is 8.01. The summed E-state index contributed by atoms with van der Waals surface area (Å²) in [6, 6.07) is 55.5. The number of rotatable bonds is 8. The number of carbonyl (C=O) groups excluding carboxylic acids is 2. The number of anilines is 1. The molecule has 0 spiro atoms. The van der Waals surface area contributed by atoms with Gasteiger partial charge in [0.15, 0.2) is 0 Å². The standard InChI is InChI=1S/C40H30NO2P/c42-39-37-27-26-31(25-24-30-14-5-1-6-15-30)28-38(37)40(43)41(39)32-16-13-23-36(29-32)44(33-17-7-2-8-18-33,34-19-9-3-10-20-34)35-21-11-4-12-22-35/h1-24,26-29H,25H2/q+1. The summed E-state index contributed by atoms with van der Waals surface area (Å²) >= 11 is 0. The number of hydrogen-bond acceptors (Lipinski definition) is 2. The van der Waals surface area contributed by atoms with Crippen LogP contribution < -0.4 is 26.1 Å². The second kappa shape index (κ2) is 11.9. The van der Waals surface area contributed by atoms with Crippen molar-refractivity contribution in [2.24, 2.45) is 0 Å². The molecule has 1 radical (unpaired) electrons. The molecule has 7 rings (SSSR count). The van der Waals surface area contributed by atoms with Crippen LogP contribution in [0.1, 0.15) is 31.8 Å². The second-order valence-electron chi connectivity index (χ2n) is 10.8. The molecule has 1 aliphatic heterocycles. The molecule has 1 heterocycles. The van der Waals surface area contributed by atoms with Gasteiger partial charge in [-0.25, -0.2) is 4.90 Å². The molecule has 0 unspecified atom stereocenters. The van der Waals surface area contributed by atoms with Gasteiger partial charge in [0.25, 0.3) is 11.8 Å². The summed E-state index contributed by atoms with van der Waals surface area (Å²) in [5.74, 6) is -0.574. The monoisotopic (exact) mass is 587 g/mol. The van der Waals surface area contributed by atoms with E-state index in [1.165, 1.54) is 20.8 Å². The Morgan fingerprint density at radius 1 is 0.477 bits per heavy atom. The van der Waals surface area contributed by atoms with Crippen molar-refractivity contribution in [3.05, 3.63) is 192 Å². The molecule has 6 aromatic carbocycles. The van der Waals surface area contributed by atoms with Gasteiger partial charge in [-0.1, -0.05) is 97.1 Å². The molecule has 211 valence electrons. The first-order valence-corrected chi connectivity index (χ1v) is 16.5. The molecule has 0 aliphatic carbocycles. The van der Waals surface area contributed by atoms with E-state index in [-0.39, 0.29) is 11.8 Å². The third kappa shape index (κ3) is 4.86. The van der Waals surface area contributed by atoms with E-state index in [1.54, 1.807) is 6.07 Å². The van der Waals surface area contributed by atoms with Crippen molar-refractivity contribution in [1.82, 2.24) is 0 Å². The summed E-state index contributed by atoms with van der Waals surface area (Å²) < 4.78 is 0. The Morgan fingerprint density at radius 2 is 0.977 bits per heavy atom.